The monoisotopic (exact) mass is 249 g/mol. The molecule has 0 radical (unpaired) electrons. The lowest BCUT2D eigenvalue weighted by Gasteiger charge is -1.91. The summed E-state index contributed by atoms with van der Waals surface area (Å²) in [4.78, 5) is 0.945. The number of ether oxygens (including phenoxy) is 1. The Morgan fingerprint density at radius 3 is 3.00 bits per heavy atom. The van der Waals surface area contributed by atoms with Gasteiger partial charge in [-0.25, -0.2) is 0 Å². The first-order valence-corrected chi connectivity index (χ1v) is 4.82. The first kappa shape index (κ1) is 9.70. The van der Waals surface area contributed by atoms with Crippen LogP contribution in [0, 0.1) is 0 Å². The highest BCUT2D eigenvalue weighted by molar-refractivity contribution is 9.10. The molecule has 1 rings (SSSR count). The summed E-state index contributed by atoms with van der Waals surface area (Å²) >= 11 is 4.65. The average molecular weight is 250 g/mol. The Hall–Kier alpha value is -0.390. The SMILES string of the molecule is COc1nsc(/C=C/CO)c1Br. The topological polar surface area (TPSA) is 42.4 Å². The van der Waals surface area contributed by atoms with Crippen LogP contribution in [0.5, 0.6) is 5.88 Å². The smallest absolute Gasteiger partial charge is 0.240 e. The number of rotatable bonds is 3. The van der Waals surface area contributed by atoms with Gasteiger partial charge in [0.25, 0.3) is 0 Å². The molecule has 0 aromatic carbocycles. The standard InChI is InChI=1S/C7H8BrNO2S/c1-11-7-6(8)5(12-9-7)3-2-4-10/h2-3,10H,4H2,1H3/b3-2+. The van der Waals surface area contributed by atoms with Crippen LogP contribution in [-0.4, -0.2) is 23.2 Å². The fraction of sp³-hybridized carbons (Fsp3) is 0.286. The molecule has 0 unspecified atom stereocenters. The van der Waals surface area contributed by atoms with Gasteiger partial charge in [-0.1, -0.05) is 6.08 Å². The van der Waals surface area contributed by atoms with Crippen molar-refractivity contribution in [3.8, 4) is 5.88 Å². The van der Waals surface area contributed by atoms with Gasteiger partial charge < -0.3 is 9.84 Å². The highest BCUT2D eigenvalue weighted by atomic mass is 79.9. The third-order valence-electron chi connectivity index (χ3n) is 1.20. The summed E-state index contributed by atoms with van der Waals surface area (Å²) in [6, 6.07) is 0. The molecule has 1 aromatic heterocycles. The van der Waals surface area contributed by atoms with Crippen molar-refractivity contribution in [3.63, 3.8) is 0 Å². The normalized spacial score (nSPS) is 10.9. The number of hydrogen-bond acceptors (Lipinski definition) is 4. The molecule has 0 fully saturated rings. The third kappa shape index (κ3) is 2.06. The lowest BCUT2D eigenvalue weighted by atomic mass is 10.4. The van der Waals surface area contributed by atoms with Crippen LogP contribution < -0.4 is 4.74 Å². The molecule has 0 amide bonds. The van der Waals surface area contributed by atoms with Crippen LogP contribution in [0.4, 0.5) is 0 Å². The minimum atomic E-state index is 0.0344. The quantitative estimate of drug-likeness (QED) is 0.891. The molecule has 0 saturated heterocycles. The molecule has 1 N–H and O–H groups in total. The predicted octanol–water partition coefficient (Wildman–Crippen LogP) is 1.92. The zero-order valence-corrected chi connectivity index (χ0v) is 8.85. The first-order valence-electron chi connectivity index (χ1n) is 3.26. The number of nitrogens with zero attached hydrogens (tertiary/aromatic N) is 1. The van der Waals surface area contributed by atoms with Crippen LogP contribution in [0.25, 0.3) is 6.08 Å². The fourth-order valence-corrected chi connectivity index (χ4v) is 2.06. The van der Waals surface area contributed by atoms with Crippen LogP contribution >= 0.6 is 27.5 Å². The number of halogens is 1. The van der Waals surface area contributed by atoms with E-state index in [2.05, 4.69) is 20.3 Å². The largest absolute Gasteiger partial charge is 0.480 e. The summed E-state index contributed by atoms with van der Waals surface area (Å²) in [6.07, 6.45) is 3.45. The van der Waals surface area contributed by atoms with Gasteiger partial charge in [0.15, 0.2) is 0 Å². The highest BCUT2D eigenvalue weighted by Gasteiger charge is 2.07. The highest BCUT2D eigenvalue weighted by Crippen LogP contribution is 2.31. The summed E-state index contributed by atoms with van der Waals surface area (Å²) in [5, 5.41) is 8.53. The lowest BCUT2D eigenvalue weighted by Crippen LogP contribution is -1.81. The number of methoxy groups -OCH3 is 1. The van der Waals surface area contributed by atoms with Crippen LogP contribution in [-0.2, 0) is 0 Å². The average Bonchev–Trinajstić information content (AvgIpc) is 2.43. The molecule has 3 nitrogen and oxygen atoms in total. The van der Waals surface area contributed by atoms with Crippen molar-refractivity contribution in [3.05, 3.63) is 15.4 Å². The van der Waals surface area contributed by atoms with E-state index in [9.17, 15) is 0 Å². The molecule has 0 saturated carbocycles. The number of aliphatic hydroxyl groups excluding tert-OH is 1. The first-order chi connectivity index (χ1) is 5.79. The van der Waals surface area contributed by atoms with E-state index in [0.29, 0.717) is 5.88 Å². The molecule has 0 aliphatic rings. The van der Waals surface area contributed by atoms with Crippen molar-refractivity contribution in [2.45, 2.75) is 0 Å². The van der Waals surface area contributed by atoms with E-state index in [1.54, 1.807) is 19.3 Å². The van der Waals surface area contributed by atoms with E-state index in [-0.39, 0.29) is 6.61 Å². The lowest BCUT2D eigenvalue weighted by molar-refractivity contribution is 0.343. The van der Waals surface area contributed by atoms with E-state index in [1.165, 1.54) is 11.5 Å². The maximum absolute atomic E-state index is 8.53. The second kappa shape index (κ2) is 4.59. The Balaban J connectivity index is 2.87. The van der Waals surface area contributed by atoms with Gasteiger partial charge >= 0.3 is 0 Å². The maximum atomic E-state index is 8.53. The Morgan fingerprint density at radius 1 is 1.75 bits per heavy atom. The zero-order valence-electron chi connectivity index (χ0n) is 6.45. The van der Waals surface area contributed by atoms with Gasteiger partial charge in [-0.05, 0) is 33.5 Å². The second-order valence-electron chi connectivity index (χ2n) is 1.96. The molecule has 0 bridgehead atoms. The van der Waals surface area contributed by atoms with Gasteiger partial charge in [-0.2, -0.15) is 4.37 Å². The van der Waals surface area contributed by atoms with Crippen LogP contribution in [0.15, 0.2) is 10.5 Å². The maximum Gasteiger partial charge on any atom is 0.240 e. The predicted molar refractivity (Wildman–Crippen MR) is 52.5 cm³/mol. The van der Waals surface area contributed by atoms with E-state index < -0.39 is 0 Å². The Kier molecular flexibility index (Phi) is 3.71. The van der Waals surface area contributed by atoms with E-state index in [4.69, 9.17) is 9.84 Å². The van der Waals surface area contributed by atoms with Gasteiger partial charge in [0, 0.05) is 0 Å². The Morgan fingerprint density at radius 2 is 2.50 bits per heavy atom. The van der Waals surface area contributed by atoms with Gasteiger partial charge in [0.2, 0.25) is 5.88 Å². The zero-order chi connectivity index (χ0) is 8.97. The molecule has 0 spiro atoms. The molecule has 0 aliphatic carbocycles. The van der Waals surface area contributed by atoms with Gasteiger partial charge in [0.1, 0.15) is 0 Å². The number of hydrogen-bond donors (Lipinski definition) is 1. The molecule has 1 aromatic rings. The Bertz CT molecular complexity index is 285. The minimum Gasteiger partial charge on any atom is -0.480 e. The van der Waals surface area contributed by atoms with Crippen molar-refractivity contribution in [2.24, 2.45) is 0 Å². The second-order valence-corrected chi connectivity index (χ2v) is 3.55. The minimum absolute atomic E-state index is 0.0344. The summed E-state index contributed by atoms with van der Waals surface area (Å²) in [5.41, 5.74) is 0. The molecule has 66 valence electrons. The number of aromatic nitrogens is 1. The molecule has 0 aliphatic heterocycles. The van der Waals surface area contributed by atoms with Crippen LogP contribution in [0.3, 0.4) is 0 Å². The van der Waals surface area contributed by atoms with Crippen molar-refractivity contribution in [2.75, 3.05) is 13.7 Å². The van der Waals surface area contributed by atoms with Gasteiger partial charge in [-0.15, -0.1) is 0 Å². The van der Waals surface area contributed by atoms with Crippen LogP contribution in [0.1, 0.15) is 4.88 Å². The van der Waals surface area contributed by atoms with Gasteiger partial charge in [0.05, 0.1) is 23.1 Å². The number of aliphatic hydroxyl groups is 1. The van der Waals surface area contributed by atoms with E-state index in [1.807, 2.05) is 0 Å². The summed E-state index contributed by atoms with van der Waals surface area (Å²) < 4.78 is 9.82. The summed E-state index contributed by atoms with van der Waals surface area (Å²) in [5.74, 6) is 0.581. The summed E-state index contributed by atoms with van der Waals surface area (Å²) in [7, 11) is 1.57. The third-order valence-corrected chi connectivity index (χ3v) is 3.02. The molecular formula is C7H8BrNO2S. The van der Waals surface area contributed by atoms with Crippen molar-refractivity contribution < 1.29 is 9.84 Å². The van der Waals surface area contributed by atoms with Gasteiger partial charge in [-0.3, -0.25) is 0 Å². The molecule has 0 atom stereocenters. The van der Waals surface area contributed by atoms with Crippen molar-refractivity contribution >= 4 is 33.5 Å². The van der Waals surface area contributed by atoms with E-state index in [0.717, 1.165) is 9.35 Å². The molecular weight excluding hydrogens is 242 g/mol. The Labute approximate surface area is 83.0 Å². The summed E-state index contributed by atoms with van der Waals surface area (Å²) in [6.45, 7) is 0.0344. The van der Waals surface area contributed by atoms with E-state index >= 15 is 0 Å². The van der Waals surface area contributed by atoms with Crippen LogP contribution in [0.2, 0.25) is 0 Å². The molecule has 12 heavy (non-hydrogen) atoms. The fourth-order valence-electron chi connectivity index (χ4n) is 0.666. The van der Waals surface area contributed by atoms with Crippen molar-refractivity contribution in [1.29, 1.82) is 0 Å². The molecule has 5 heteroatoms. The molecule has 1 heterocycles. The van der Waals surface area contributed by atoms with Crippen molar-refractivity contribution in [1.82, 2.24) is 4.37 Å².